The van der Waals surface area contributed by atoms with Crippen LogP contribution in [-0.4, -0.2) is 8.42 Å². The van der Waals surface area contributed by atoms with E-state index in [1.807, 2.05) is 4.72 Å². The summed E-state index contributed by atoms with van der Waals surface area (Å²) in [7, 11) is -4.30. The maximum absolute atomic E-state index is 13.5. The molecule has 0 fully saturated rings. The van der Waals surface area contributed by atoms with Gasteiger partial charge in [-0.1, -0.05) is 12.1 Å². The number of halogens is 4. The van der Waals surface area contributed by atoms with Gasteiger partial charge in [-0.05, 0) is 34.1 Å². The molecule has 1 N–H and O–H groups in total. The molecule has 0 atom stereocenters. The van der Waals surface area contributed by atoms with E-state index in [1.165, 1.54) is 12.1 Å². The van der Waals surface area contributed by atoms with Crippen LogP contribution in [0.3, 0.4) is 0 Å². The molecule has 0 aliphatic heterocycles. The van der Waals surface area contributed by atoms with Crippen LogP contribution in [-0.2, 0) is 10.0 Å². The molecule has 0 saturated carbocycles. The minimum absolute atomic E-state index is 0.120. The summed E-state index contributed by atoms with van der Waals surface area (Å²) >= 11 is 2.81. The number of hydrogen-bond acceptors (Lipinski definition) is 2. The van der Waals surface area contributed by atoms with Gasteiger partial charge in [0, 0.05) is 6.07 Å². The minimum Gasteiger partial charge on any atom is -0.277 e. The molecule has 0 aliphatic carbocycles. The molecule has 8 heteroatoms. The molecule has 0 radical (unpaired) electrons. The molecule has 0 unspecified atom stereocenters. The molecule has 3 nitrogen and oxygen atoms in total. The van der Waals surface area contributed by atoms with Crippen molar-refractivity contribution < 1.29 is 21.6 Å². The summed E-state index contributed by atoms with van der Waals surface area (Å²) in [6.07, 6.45) is 0. The third kappa shape index (κ3) is 2.96. The monoisotopic (exact) mass is 365 g/mol. The molecule has 2 rings (SSSR count). The standard InChI is InChI=1S/C12H7BrF3NO2S/c13-7-5-11(10(16)6-9(7)15)17-20(18,19)12-4-2-1-3-8(12)14/h1-6,17H. The quantitative estimate of drug-likeness (QED) is 0.843. The van der Waals surface area contributed by atoms with Gasteiger partial charge in [-0.25, -0.2) is 21.6 Å². The lowest BCUT2D eigenvalue weighted by molar-refractivity contribution is 0.567. The van der Waals surface area contributed by atoms with E-state index in [0.29, 0.717) is 6.07 Å². The first kappa shape index (κ1) is 14.9. The number of hydrogen-bond donors (Lipinski definition) is 1. The number of sulfonamides is 1. The Morgan fingerprint density at radius 2 is 1.60 bits per heavy atom. The molecule has 2 aromatic rings. The van der Waals surface area contributed by atoms with Crippen LogP contribution in [0.15, 0.2) is 45.8 Å². The van der Waals surface area contributed by atoms with E-state index in [2.05, 4.69) is 15.9 Å². The molecule has 0 amide bonds. The highest BCUT2D eigenvalue weighted by Gasteiger charge is 2.20. The fourth-order valence-electron chi connectivity index (χ4n) is 1.46. The van der Waals surface area contributed by atoms with Crippen LogP contribution in [0.25, 0.3) is 0 Å². The van der Waals surface area contributed by atoms with Crippen LogP contribution >= 0.6 is 15.9 Å². The zero-order chi connectivity index (χ0) is 14.9. The first-order valence-corrected chi connectivity index (χ1v) is 7.51. The van der Waals surface area contributed by atoms with Crippen LogP contribution in [0.2, 0.25) is 0 Å². The predicted molar refractivity (Wildman–Crippen MR) is 71.3 cm³/mol. The average Bonchev–Trinajstić information content (AvgIpc) is 2.36. The van der Waals surface area contributed by atoms with E-state index in [-0.39, 0.29) is 4.47 Å². The van der Waals surface area contributed by atoms with E-state index < -0.39 is 38.1 Å². The summed E-state index contributed by atoms with van der Waals surface area (Å²) in [6, 6.07) is 6.09. The van der Waals surface area contributed by atoms with Crippen LogP contribution in [0.5, 0.6) is 0 Å². The Morgan fingerprint density at radius 3 is 2.25 bits per heavy atom. The largest absolute Gasteiger partial charge is 0.277 e. The smallest absolute Gasteiger partial charge is 0.264 e. The summed E-state index contributed by atoms with van der Waals surface area (Å²) in [6.45, 7) is 0. The molecular weight excluding hydrogens is 359 g/mol. The van der Waals surface area contributed by atoms with Crippen molar-refractivity contribution in [3.8, 4) is 0 Å². The Morgan fingerprint density at radius 1 is 0.950 bits per heavy atom. The maximum Gasteiger partial charge on any atom is 0.264 e. The highest BCUT2D eigenvalue weighted by Crippen LogP contribution is 2.26. The summed E-state index contributed by atoms with van der Waals surface area (Å²) in [4.78, 5) is -0.625. The Kier molecular flexibility index (Phi) is 4.05. The number of anilines is 1. The zero-order valence-electron chi connectivity index (χ0n) is 9.70. The SMILES string of the molecule is O=S(=O)(Nc1cc(Br)c(F)cc1F)c1ccccc1F. The first-order chi connectivity index (χ1) is 9.31. The molecular formula is C12H7BrF3NO2S. The molecule has 0 saturated heterocycles. The molecule has 20 heavy (non-hydrogen) atoms. The lowest BCUT2D eigenvalue weighted by Gasteiger charge is -2.10. The second kappa shape index (κ2) is 5.45. The van der Waals surface area contributed by atoms with Gasteiger partial charge in [0.05, 0.1) is 10.2 Å². The van der Waals surface area contributed by atoms with Crippen molar-refractivity contribution in [1.29, 1.82) is 0 Å². The van der Waals surface area contributed by atoms with Crippen LogP contribution in [0.1, 0.15) is 0 Å². The fourth-order valence-corrected chi connectivity index (χ4v) is 2.94. The van der Waals surface area contributed by atoms with Gasteiger partial charge in [-0.2, -0.15) is 0 Å². The summed E-state index contributed by atoms with van der Waals surface area (Å²) < 4.78 is 65.6. The van der Waals surface area contributed by atoms with Crippen LogP contribution < -0.4 is 4.72 Å². The molecule has 2 aromatic carbocycles. The highest BCUT2D eigenvalue weighted by atomic mass is 79.9. The van der Waals surface area contributed by atoms with Crippen LogP contribution in [0, 0.1) is 17.5 Å². The van der Waals surface area contributed by atoms with E-state index in [4.69, 9.17) is 0 Å². The average molecular weight is 366 g/mol. The Balaban J connectivity index is 2.44. The summed E-state index contributed by atoms with van der Waals surface area (Å²) in [5, 5.41) is 0. The van der Waals surface area contributed by atoms with Crippen LogP contribution in [0.4, 0.5) is 18.9 Å². The van der Waals surface area contributed by atoms with Crippen molar-refractivity contribution in [1.82, 2.24) is 0 Å². The highest BCUT2D eigenvalue weighted by molar-refractivity contribution is 9.10. The van der Waals surface area contributed by atoms with E-state index in [1.54, 1.807) is 0 Å². The number of benzene rings is 2. The van der Waals surface area contributed by atoms with Gasteiger partial charge < -0.3 is 0 Å². The van der Waals surface area contributed by atoms with Crippen molar-refractivity contribution in [2.75, 3.05) is 4.72 Å². The Labute approximate surface area is 121 Å². The normalized spacial score (nSPS) is 11.4. The molecule has 0 aromatic heterocycles. The summed E-state index contributed by atoms with van der Waals surface area (Å²) in [5.74, 6) is -2.96. The van der Waals surface area contributed by atoms with E-state index in [9.17, 15) is 21.6 Å². The van der Waals surface area contributed by atoms with Gasteiger partial charge in [-0.15, -0.1) is 0 Å². The van der Waals surface area contributed by atoms with Gasteiger partial charge >= 0.3 is 0 Å². The van der Waals surface area contributed by atoms with Crippen molar-refractivity contribution in [2.45, 2.75) is 4.90 Å². The third-order valence-electron chi connectivity index (χ3n) is 2.38. The van der Waals surface area contributed by atoms with Gasteiger partial charge in [0.1, 0.15) is 22.3 Å². The second-order valence-electron chi connectivity index (χ2n) is 3.78. The lowest BCUT2D eigenvalue weighted by atomic mass is 10.3. The second-order valence-corrected chi connectivity index (χ2v) is 6.29. The topological polar surface area (TPSA) is 46.2 Å². The van der Waals surface area contributed by atoms with E-state index >= 15 is 0 Å². The van der Waals surface area contributed by atoms with Crippen molar-refractivity contribution in [2.24, 2.45) is 0 Å². The molecule has 0 spiro atoms. The zero-order valence-corrected chi connectivity index (χ0v) is 12.1. The molecule has 0 bridgehead atoms. The fraction of sp³-hybridized carbons (Fsp3) is 0. The van der Waals surface area contributed by atoms with Crippen molar-refractivity contribution in [3.05, 3.63) is 58.3 Å². The third-order valence-corrected chi connectivity index (χ3v) is 4.39. The maximum atomic E-state index is 13.5. The lowest BCUT2D eigenvalue weighted by Crippen LogP contribution is -2.15. The van der Waals surface area contributed by atoms with Crippen molar-refractivity contribution >= 4 is 31.6 Å². The molecule has 106 valence electrons. The Bertz CT molecular complexity index is 765. The predicted octanol–water partition coefficient (Wildman–Crippen LogP) is 3.67. The molecule has 0 aliphatic rings. The van der Waals surface area contributed by atoms with Gasteiger partial charge in [-0.3, -0.25) is 4.72 Å². The Hall–Kier alpha value is -1.54. The van der Waals surface area contributed by atoms with Gasteiger partial charge in [0.25, 0.3) is 10.0 Å². The first-order valence-electron chi connectivity index (χ1n) is 5.23. The number of nitrogens with one attached hydrogen (secondary N) is 1. The van der Waals surface area contributed by atoms with E-state index in [0.717, 1.165) is 18.2 Å². The number of rotatable bonds is 3. The minimum atomic E-state index is -4.30. The van der Waals surface area contributed by atoms with Gasteiger partial charge in [0.2, 0.25) is 0 Å². The van der Waals surface area contributed by atoms with Gasteiger partial charge in [0.15, 0.2) is 0 Å². The summed E-state index contributed by atoms with van der Waals surface area (Å²) in [5.41, 5.74) is -0.485. The van der Waals surface area contributed by atoms with Crippen molar-refractivity contribution in [3.63, 3.8) is 0 Å². The molecule has 0 heterocycles.